The summed E-state index contributed by atoms with van der Waals surface area (Å²) < 4.78 is 7.88. The lowest BCUT2D eigenvalue weighted by atomic mass is 10.1. The molecular formula is C21H25N3O2. The average Bonchev–Trinajstić information content (AvgIpc) is 3.25. The second-order valence-electron chi connectivity index (χ2n) is 8.14. The van der Waals surface area contributed by atoms with E-state index in [1.54, 1.807) is 0 Å². The van der Waals surface area contributed by atoms with Crippen molar-refractivity contribution in [1.29, 1.82) is 0 Å². The molecule has 0 atom stereocenters. The smallest absolute Gasteiger partial charge is 0.272 e. The van der Waals surface area contributed by atoms with Crippen LogP contribution in [0.1, 0.15) is 67.0 Å². The molecule has 5 nitrogen and oxygen atoms in total. The minimum Gasteiger partial charge on any atom is -0.459 e. The molecule has 4 rings (SSSR count). The predicted octanol–water partition coefficient (Wildman–Crippen LogP) is 4.50. The van der Waals surface area contributed by atoms with Crippen molar-refractivity contribution in [3.63, 3.8) is 0 Å². The molecule has 1 saturated carbocycles. The summed E-state index contributed by atoms with van der Waals surface area (Å²) in [6.07, 6.45) is 2.36. The fourth-order valence-corrected chi connectivity index (χ4v) is 3.36. The number of benzene rings is 1. The van der Waals surface area contributed by atoms with Crippen molar-refractivity contribution in [2.24, 2.45) is 0 Å². The zero-order chi connectivity index (χ0) is 18.5. The molecule has 1 fully saturated rings. The number of furan rings is 1. The first-order chi connectivity index (χ1) is 12.3. The highest BCUT2D eigenvalue weighted by atomic mass is 16.3. The third-order valence-corrected chi connectivity index (χ3v) is 4.95. The van der Waals surface area contributed by atoms with Gasteiger partial charge in [0.2, 0.25) is 0 Å². The molecule has 0 unspecified atom stereocenters. The van der Waals surface area contributed by atoms with Crippen LogP contribution in [0.4, 0.5) is 0 Å². The minimum atomic E-state index is -0.158. The van der Waals surface area contributed by atoms with Crippen molar-refractivity contribution in [2.45, 2.75) is 58.5 Å². The van der Waals surface area contributed by atoms with Crippen LogP contribution in [0.5, 0.6) is 0 Å². The molecule has 3 aromatic rings. The molecule has 5 heteroatoms. The van der Waals surface area contributed by atoms with E-state index in [2.05, 4.69) is 31.2 Å². The Balaban J connectivity index is 1.54. The number of rotatable bonds is 4. The van der Waals surface area contributed by atoms with Gasteiger partial charge >= 0.3 is 0 Å². The molecule has 0 radical (unpaired) electrons. The lowest BCUT2D eigenvalue weighted by Gasteiger charge is -2.22. The van der Waals surface area contributed by atoms with Gasteiger partial charge in [-0.1, -0.05) is 18.2 Å². The van der Waals surface area contributed by atoms with E-state index in [-0.39, 0.29) is 11.4 Å². The van der Waals surface area contributed by atoms with E-state index in [9.17, 15) is 4.79 Å². The van der Waals surface area contributed by atoms with Gasteiger partial charge in [-0.2, -0.15) is 5.10 Å². The first-order valence-electron chi connectivity index (χ1n) is 9.20. The summed E-state index contributed by atoms with van der Waals surface area (Å²) in [5.74, 6) is 1.17. The molecule has 136 valence electrons. The number of carbonyl (C=O) groups excluding carboxylic acids is 1. The fourth-order valence-electron chi connectivity index (χ4n) is 3.36. The van der Waals surface area contributed by atoms with Gasteiger partial charge in [-0.05, 0) is 52.7 Å². The zero-order valence-electron chi connectivity index (χ0n) is 15.8. The number of nitrogens with one attached hydrogen (secondary N) is 1. The van der Waals surface area contributed by atoms with Gasteiger partial charge in [0.25, 0.3) is 5.91 Å². The molecule has 1 aliphatic carbocycles. The molecule has 1 N–H and O–H groups in total. The van der Waals surface area contributed by atoms with E-state index in [1.165, 1.54) is 18.5 Å². The van der Waals surface area contributed by atoms with E-state index < -0.39 is 0 Å². The number of hydrogen-bond acceptors (Lipinski definition) is 3. The number of carbonyl (C=O) groups is 1. The number of nitrogens with zero attached hydrogens (tertiary/aromatic N) is 2. The van der Waals surface area contributed by atoms with Crippen LogP contribution in [0.15, 0.2) is 34.7 Å². The Kier molecular flexibility index (Phi) is 3.90. The van der Waals surface area contributed by atoms with Crippen LogP contribution in [0.2, 0.25) is 0 Å². The Hall–Kier alpha value is -2.56. The van der Waals surface area contributed by atoms with Crippen LogP contribution in [0, 0.1) is 6.92 Å². The number of aryl methyl sites for hydroxylation is 1. The minimum absolute atomic E-state index is 0.133. The van der Waals surface area contributed by atoms with Crippen molar-refractivity contribution in [1.82, 2.24) is 15.1 Å². The maximum Gasteiger partial charge on any atom is 0.272 e. The highest BCUT2D eigenvalue weighted by Gasteiger charge is 2.32. The van der Waals surface area contributed by atoms with E-state index in [1.807, 2.05) is 41.9 Å². The molecule has 1 aromatic carbocycles. The number of para-hydroxylation sites is 1. The lowest BCUT2D eigenvalue weighted by Crippen LogP contribution is -2.27. The largest absolute Gasteiger partial charge is 0.459 e. The summed E-state index contributed by atoms with van der Waals surface area (Å²) in [5.41, 5.74) is 3.44. The van der Waals surface area contributed by atoms with Gasteiger partial charge in [0, 0.05) is 22.6 Å². The first kappa shape index (κ1) is 16.9. The second-order valence-corrected chi connectivity index (χ2v) is 8.14. The van der Waals surface area contributed by atoms with Crippen LogP contribution in [0.3, 0.4) is 0 Å². The SMILES string of the molecule is Cc1c(CNC(=O)c2cc(C3CC3)n(C(C)(C)C)n2)oc2ccccc12. The topological polar surface area (TPSA) is 60.1 Å². The summed E-state index contributed by atoms with van der Waals surface area (Å²) >= 11 is 0. The van der Waals surface area contributed by atoms with Gasteiger partial charge in [0.1, 0.15) is 17.0 Å². The van der Waals surface area contributed by atoms with E-state index >= 15 is 0 Å². The van der Waals surface area contributed by atoms with Crippen LogP contribution in [-0.4, -0.2) is 15.7 Å². The zero-order valence-corrected chi connectivity index (χ0v) is 15.8. The molecule has 0 spiro atoms. The molecule has 0 saturated heterocycles. The Labute approximate surface area is 153 Å². The van der Waals surface area contributed by atoms with Gasteiger partial charge < -0.3 is 9.73 Å². The average molecular weight is 351 g/mol. The number of fused-ring (bicyclic) bond motifs is 1. The summed E-state index contributed by atoms with van der Waals surface area (Å²) in [7, 11) is 0. The standard InChI is InChI=1S/C21H25N3O2/c1-13-15-7-5-6-8-18(15)26-19(13)12-22-20(25)16-11-17(14-9-10-14)24(23-16)21(2,3)4/h5-8,11,14H,9-10,12H2,1-4H3,(H,22,25). The highest BCUT2D eigenvalue weighted by Crippen LogP contribution is 2.41. The van der Waals surface area contributed by atoms with Crippen LogP contribution in [0.25, 0.3) is 11.0 Å². The molecule has 0 bridgehead atoms. The van der Waals surface area contributed by atoms with E-state index in [4.69, 9.17) is 4.42 Å². The van der Waals surface area contributed by atoms with Crippen molar-refractivity contribution in [3.8, 4) is 0 Å². The molecule has 0 aliphatic heterocycles. The van der Waals surface area contributed by atoms with Crippen molar-refractivity contribution >= 4 is 16.9 Å². The molecule has 26 heavy (non-hydrogen) atoms. The Morgan fingerprint density at radius 3 is 2.69 bits per heavy atom. The maximum absolute atomic E-state index is 12.7. The fraction of sp³-hybridized carbons (Fsp3) is 0.429. The number of hydrogen-bond donors (Lipinski definition) is 1. The van der Waals surface area contributed by atoms with Gasteiger partial charge in [-0.15, -0.1) is 0 Å². The molecule has 1 amide bonds. The van der Waals surface area contributed by atoms with E-state index in [0.717, 1.165) is 22.3 Å². The van der Waals surface area contributed by atoms with Crippen LogP contribution in [-0.2, 0) is 12.1 Å². The summed E-state index contributed by atoms with van der Waals surface area (Å²) in [6, 6.07) is 9.87. The van der Waals surface area contributed by atoms with Crippen LogP contribution < -0.4 is 5.32 Å². The second kappa shape index (κ2) is 6.01. The van der Waals surface area contributed by atoms with Crippen molar-refractivity contribution in [3.05, 3.63) is 53.0 Å². The Bertz CT molecular complexity index is 971. The van der Waals surface area contributed by atoms with Gasteiger partial charge in [0.05, 0.1) is 12.1 Å². The summed E-state index contributed by atoms with van der Waals surface area (Å²) in [6.45, 7) is 8.73. The number of aromatic nitrogens is 2. The van der Waals surface area contributed by atoms with Gasteiger partial charge in [-0.3, -0.25) is 9.48 Å². The van der Waals surface area contributed by atoms with Gasteiger partial charge in [-0.25, -0.2) is 0 Å². The summed E-state index contributed by atoms with van der Waals surface area (Å²) in [4.78, 5) is 12.7. The van der Waals surface area contributed by atoms with Crippen LogP contribution >= 0.6 is 0 Å². The third kappa shape index (κ3) is 3.02. The van der Waals surface area contributed by atoms with Gasteiger partial charge in [0.15, 0.2) is 0 Å². The highest BCUT2D eigenvalue weighted by molar-refractivity contribution is 5.92. The summed E-state index contributed by atoms with van der Waals surface area (Å²) in [5, 5.41) is 8.64. The first-order valence-corrected chi connectivity index (χ1v) is 9.20. The molecule has 2 aromatic heterocycles. The lowest BCUT2D eigenvalue weighted by molar-refractivity contribution is 0.0941. The molecule has 2 heterocycles. The molecular weight excluding hydrogens is 326 g/mol. The normalized spacial score (nSPS) is 14.8. The molecule has 1 aliphatic rings. The predicted molar refractivity (Wildman–Crippen MR) is 101 cm³/mol. The monoisotopic (exact) mass is 351 g/mol. The third-order valence-electron chi connectivity index (χ3n) is 4.95. The number of amides is 1. The quantitative estimate of drug-likeness (QED) is 0.753. The maximum atomic E-state index is 12.7. The Morgan fingerprint density at radius 1 is 1.31 bits per heavy atom. The van der Waals surface area contributed by atoms with Crippen molar-refractivity contribution in [2.75, 3.05) is 0 Å². The van der Waals surface area contributed by atoms with Crippen molar-refractivity contribution < 1.29 is 9.21 Å². The Morgan fingerprint density at radius 2 is 2.04 bits per heavy atom. The van der Waals surface area contributed by atoms with E-state index in [0.29, 0.717) is 18.2 Å².